The highest BCUT2D eigenvalue weighted by Gasteiger charge is 2.42. The SMILES string of the molecule is CC(C)(C)C1CCCCCC[C](CO[SiH3])C1(C)C. The highest BCUT2D eigenvalue weighted by Crippen LogP contribution is 2.50. The summed E-state index contributed by atoms with van der Waals surface area (Å²) in [6.45, 7) is 13.1. The van der Waals surface area contributed by atoms with Gasteiger partial charge in [-0.3, -0.25) is 0 Å². The molecule has 1 unspecified atom stereocenters. The van der Waals surface area contributed by atoms with Crippen LogP contribution in [0, 0.1) is 22.7 Å². The molecule has 0 amide bonds. The van der Waals surface area contributed by atoms with Crippen molar-refractivity contribution in [3.8, 4) is 0 Å². The molecule has 0 heterocycles. The van der Waals surface area contributed by atoms with Gasteiger partial charge in [0.05, 0.1) is 0 Å². The lowest BCUT2D eigenvalue weighted by Crippen LogP contribution is -2.40. The van der Waals surface area contributed by atoms with Crippen LogP contribution in [0.1, 0.15) is 73.1 Å². The van der Waals surface area contributed by atoms with Gasteiger partial charge in [-0.25, -0.2) is 0 Å². The zero-order valence-corrected chi connectivity index (χ0v) is 15.4. The lowest BCUT2D eigenvalue weighted by atomic mass is 9.58. The number of hydrogen-bond acceptors (Lipinski definition) is 1. The summed E-state index contributed by atoms with van der Waals surface area (Å²) in [5.41, 5.74) is 0.720. The summed E-state index contributed by atoms with van der Waals surface area (Å²) in [7, 11) is 0.861. The van der Waals surface area contributed by atoms with Gasteiger partial charge in [-0.05, 0) is 29.6 Å². The van der Waals surface area contributed by atoms with Crippen molar-refractivity contribution in [3.05, 3.63) is 5.92 Å². The minimum Gasteiger partial charge on any atom is -0.427 e. The van der Waals surface area contributed by atoms with Crippen LogP contribution in [0.15, 0.2) is 0 Å². The molecule has 1 fully saturated rings. The molecule has 0 N–H and O–H groups in total. The third-order valence-electron chi connectivity index (χ3n) is 4.87. The first-order chi connectivity index (χ1) is 8.30. The maximum atomic E-state index is 5.62. The van der Waals surface area contributed by atoms with E-state index in [-0.39, 0.29) is 0 Å². The fourth-order valence-electron chi connectivity index (χ4n) is 3.92. The van der Waals surface area contributed by atoms with Gasteiger partial charge in [-0.1, -0.05) is 60.3 Å². The predicted octanol–water partition coefficient (Wildman–Crippen LogP) is 3.90. The molecule has 0 aromatic carbocycles. The van der Waals surface area contributed by atoms with Crippen LogP contribution in [0.4, 0.5) is 0 Å². The quantitative estimate of drug-likeness (QED) is 0.691. The standard InChI is InChI=1S/C16H33OSi/c1-15(2,3)14-11-9-7-6-8-10-13(12-17-18)16(14,4)5/h14H,6-12H2,1-5,18H3. The van der Waals surface area contributed by atoms with Gasteiger partial charge < -0.3 is 4.43 Å². The Morgan fingerprint density at radius 3 is 2.33 bits per heavy atom. The minimum atomic E-state index is 0.326. The molecule has 0 spiro atoms. The molecule has 0 saturated heterocycles. The Morgan fingerprint density at radius 1 is 1.17 bits per heavy atom. The summed E-state index contributed by atoms with van der Waals surface area (Å²) in [4.78, 5) is 0. The molecular formula is C16H33OSi. The van der Waals surface area contributed by atoms with Crippen molar-refractivity contribution >= 4 is 10.5 Å². The molecule has 2 heteroatoms. The molecule has 0 aromatic heterocycles. The number of rotatable bonds is 2. The van der Waals surface area contributed by atoms with Crippen LogP contribution < -0.4 is 0 Å². The molecule has 0 aliphatic heterocycles. The van der Waals surface area contributed by atoms with Gasteiger partial charge in [0.25, 0.3) is 0 Å². The van der Waals surface area contributed by atoms with Crippen LogP contribution in [0.3, 0.4) is 0 Å². The molecule has 1 nitrogen and oxygen atoms in total. The Bertz CT molecular complexity index is 242. The molecular weight excluding hydrogens is 236 g/mol. The van der Waals surface area contributed by atoms with E-state index in [2.05, 4.69) is 34.6 Å². The van der Waals surface area contributed by atoms with Crippen LogP contribution >= 0.6 is 0 Å². The van der Waals surface area contributed by atoms with Crippen molar-refractivity contribution in [2.24, 2.45) is 16.7 Å². The monoisotopic (exact) mass is 269 g/mol. The van der Waals surface area contributed by atoms with E-state index in [1.54, 1.807) is 5.92 Å². The first kappa shape index (κ1) is 16.2. The Morgan fingerprint density at radius 2 is 1.78 bits per heavy atom. The van der Waals surface area contributed by atoms with Gasteiger partial charge in [0.2, 0.25) is 0 Å². The van der Waals surface area contributed by atoms with Crippen molar-refractivity contribution in [3.63, 3.8) is 0 Å². The van der Waals surface area contributed by atoms with Crippen LogP contribution in [0.2, 0.25) is 0 Å². The second kappa shape index (κ2) is 6.56. The van der Waals surface area contributed by atoms with Gasteiger partial charge in [0, 0.05) is 12.5 Å². The van der Waals surface area contributed by atoms with Crippen molar-refractivity contribution < 1.29 is 4.43 Å². The van der Waals surface area contributed by atoms with Crippen LogP contribution in [0.25, 0.3) is 0 Å². The molecule has 18 heavy (non-hydrogen) atoms. The zero-order valence-electron chi connectivity index (χ0n) is 13.4. The fraction of sp³-hybridized carbons (Fsp3) is 0.938. The van der Waals surface area contributed by atoms with Gasteiger partial charge in [0.1, 0.15) is 10.5 Å². The lowest BCUT2D eigenvalue weighted by Gasteiger charge is -2.47. The first-order valence-electron chi connectivity index (χ1n) is 7.64. The smallest absolute Gasteiger partial charge is 0.145 e. The maximum Gasteiger partial charge on any atom is 0.145 e. The largest absolute Gasteiger partial charge is 0.427 e. The van der Waals surface area contributed by atoms with Crippen LogP contribution in [-0.2, 0) is 4.43 Å². The second-order valence-corrected chi connectivity index (χ2v) is 8.21. The van der Waals surface area contributed by atoms with Crippen molar-refractivity contribution in [1.29, 1.82) is 0 Å². The van der Waals surface area contributed by atoms with E-state index < -0.39 is 0 Å². The van der Waals surface area contributed by atoms with E-state index in [1.807, 2.05) is 0 Å². The van der Waals surface area contributed by atoms with Crippen molar-refractivity contribution in [2.75, 3.05) is 6.61 Å². The van der Waals surface area contributed by atoms with E-state index in [1.165, 1.54) is 38.5 Å². The van der Waals surface area contributed by atoms with Crippen LogP contribution in [-0.4, -0.2) is 17.1 Å². The topological polar surface area (TPSA) is 9.23 Å². The predicted molar refractivity (Wildman–Crippen MR) is 83.6 cm³/mol. The van der Waals surface area contributed by atoms with Crippen LogP contribution in [0.5, 0.6) is 0 Å². The molecule has 0 aromatic rings. The van der Waals surface area contributed by atoms with Gasteiger partial charge in [-0.2, -0.15) is 0 Å². The summed E-state index contributed by atoms with van der Waals surface area (Å²) >= 11 is 0. The Hall–Kier alpha value is 0.177. The molecule has 107 valence electrons. The van der Waals surface area contributed by atoms with E-state index in [4.69, 9.17) is 4.43 Å². The Labute approximate surface area is 118 Å². The Kier molecular flexibility index (Phi) is 5.92. The van der Waals surface area contributed by atoms with Gasteiger partial charge >= 0.3 is 0 Å². The summed E-state index contributed by atoms with van der Waals surface area (Å²) in [6, 6.07) is 0. The van der Waals surface area contributed by atoms with E-state index in [0.717, 1.165) is 23.0 Å². The number of hydrogen-bond donors (Lipinski definition) is 0. The molecule has 1 radical (unpaired) electrons. The zero-order chi connectivity index (χ0) is 13.8. The second-order valence-electron chi connectivity index (χ2n) is 7.63. The van der Waals surface area contributed by atoms with Crippen molar-refractivity contribution in [1.82, 2.24) is 0 Å². The molecule has 1 rings (SSSR count). The van der Waals surface area contributed by atoms with E-state index >= 15 is 0 Å². The van der Waals surface area contributed by atoms with E-state index in [9.17, 15) is 0 Å². The summed E-state index contributed by atoms with van der Waals surface area (Å²) in [5.74, 6) is 2.44. The first-order valence-corrected chi connectivity index (χ1v) is 8.46. The normalized spacial score (nSPS) is 27.5. The molecule has 1 aliphatic rings. The molecule has 1 atom stereocenters. The minimum absolute atomic E-state index is 0.326. The third kappa shape index (κ3) is 4.09. The lowest BCUT2D eigenvalue weighted by molar-refractivity contribution is 0.0724. The third-order valence-corrected chi connectivity index (χ3v) is 5.16. The summed E-state index contributed by atoms with van der Waals surface area (Å²) in [5, 5.41) is 0. The average Bonchev–Trinajstić information content (AvgIpc) is 2.29. The van der Waals surface area contributed by atoms with E-state index in [0.29, 0.717) is 10.8 Å². The van der Waals surface area contributed by atoms with Gasteiger partial charge in [0.15, 0.2) is 0 Å². The summed E-state index contributed by atoms with van der Waals surface area (Å²) in [6.07, 6.45) is 8.24. The molecule has 1 saturated carbocycles. The maximum absolute atomic E-state index is 5.62. The summed E-state index contributed by atoms with van der Waals surface area (Å²) < 4.78 is 5.62. The fourth-order valence-corrected chi connectivity index (χ4v) is 4.27. The highest BCUT2D eigenvalue weighted by atomic mass is 28.2. The molecule has 1 aliphatic carbocycles. The highest BCUT2D eigenvalue weighted by molar-refractivity contribution is 5.98. The molecule has 0 bridgehead atoms. The average molecular weight is 270 g/mol. The van der Waals surface area contributed by atoms with Crippen molar-refractivity contribution in [2.45, 2.75) is 73.1 Å². The Balaban J connectivity index is 2.95. The van der Waals surface area contributed by atoms with Gasteiger partial charge in [-0.15, -0.1) is 0 Å².